The normalized spacial score (nSPS) is 14.0. The molecule has 1 amide bonds. The zero-order valence-electron chi connectivity index (χ0n) is 15.2. The van der Waals surface area contributed by atoms with E-state index in [4.69, 9.17) is 5.73 Å². The van der Waals surface area contributed by atoms with Gasteiger partial charge in [-0.2, -0.15) is 5.10 Å². The zero-order chi connectivity index (χ0) is 18.0. The fourth-order valence-electron chi connectivity index (χ4n) is 3.48. The quantitative estimate of drug-likeness (QED) is 0.809. The van der Waals surface area contributed by atoms with Crippen LogP contribution in [0.1, 0.15) is 48.4 Å². The molecule has 0 spiro atoms. The van der Waals surface area contributed by atoms with Crippen molar-refractivity contribution in [1.82, 2.24) is 15.1 Å². The number of nitrogens with zero attached hydrogens (tertiary/aromatic N) is 2. The topological polar surface area (TPSA) is 72.9 Å². The third-order valence-corrected chi connectivity index (χ3v) is 4.60. The summed E-state index contributed by atoms with van der Waals surface area (Å²) in [5, 5.41) is 7.44. The van der Waals surface area contributed by atoms with E-state index in [2.05, 4.69) is 24.3 Å². The van der Waals surface area contributed by atoms with Crippen molar-refractivity contribution >= 4 is 18.3 Å². The van der Waals surface area contributed by atoms with Gasteiger partial charge in [0.15, 0.2) is 5.69 Å². The second kappa shape index (κ2) is 8.64. The number of nitrogens with one attached hydrogen (secondary N) is 1. The van der Waals surface area contributed by atoms with Gasteiger partial charge in [0.2, 0.25) is 0 Å². The minimum Gasteiger partial charge on any atom is -0.347 e. The third-order valence-electron chi connectivity index (χ3n) is 4.60. The van der Waals surface area contributed by atoms with E-state index < -0.39 is 0 Å². The molecule has 7 heteroatoms. The predicted molar refractivity (Wildman–Crippen MR) is 103 cm³/mol. The van der Waals surface area contributed by atoms with E-state index in [1.807, 2.05) is 0 Å². The van der Waals surface area contributed by atoms with Crippen molar-refractivity contribution in [2.45, 2.75) is 45.6 Å². The highest BCUT2D eigenvalue weighted by molar-refractivity contribution is 5.94. The van der Waals surface area contributed by atoms with Crippen molar-refractivity contribution in [3.05, 3.63) is 47.0 Å². The van der Waals surface area contributed by atoms with Gasteiger partial charge in [-0.1, -0.05) is 26.0 Å². The Hall–Kier alpha value is -1.92. The van der Waals surface area contributed by atoms with Crippen LogP contribution in [-0.4, -0.2) is 28.3 Å². The van der Waals surface area contributed by atoms with Crippen LogP contribution in [0.3, 0.4) is 0 Å². The highest BCUT2D eigenvalue weighted by atomic mass is 35.5. The van der Waals surface area contributed by atoms with Crippen molar-refractivity contribution in [1.29, 1.82) is 0 Å². The molecule has 1 atom stereocenters. The molecule has 1 unspecified atom stereocenters. The predicted octanol–water partition coefficient (Wildman–Crippen LogP) is 3.03. The summed E-state index contributed by atoms with van der Waals surface area (Å²) < 4.78 is 15.8. The van der Waals surface area contributed by atoms with Crippen molar-refractivity contribution in [2.75, 3.05) is 6.54 Å². The second-order valence-electron chi connectivity index (χ2n) is 7.03. The van der Waals surface area contributed by atoms with Gasteiger partial charge in [-0.15, -0.1) is 12.4 Å². The highest BCUT2D eigenvalue weighted by Crippen LogP contribution is 2.28. The molecule has 0 aliphatic heterocycles. The first-order valence-electron chi connectivity index (χ1n) is 8.87. The first-order valence-corrected chi connectivity index (χ1v) is 8.87. The van der Waals surface area contributed by atoms with Crippen LogP contribution in [0, 0.1) is 11.7 Å². The van der Waals surface area contributed by atoms with Crippen LogP contribution < -0.4 is 11.1 Å². The number of rotatable bonds is 6. The summed E-state index contributed by atoms with van der Waals surface area (Å²) in [6, 6.07) is 6.43. The van der Waals surface area contributed by atoms with E-state index in [-0.39, 0.29) is 30.2 Å². The van der Waals surface area contributed by atoms with Gasteiger partial charge in [-0.25, -0.2) is 9.07 Å². The van der Waals surface area contributed by atoms with E-state index in [1.54, 1.807) is 22.9 Å². The Balaban J connectivity index is 0.00000243. The summed E-state index contributed by atoms with van der Waals surface area (Å²) >= 11 is 0. The summed E-state index contributed by atoms with van der Waals surface area (Å²) in [5.74, 6) is -0.119. The number of aromatic nitrogens is 2. The van der Waals surface area contributed by atoms with Crippen molar-refractivity contribution in [2.24, 2.45) is 11.7 Å². The molecule has 1 aliphatic rings. The largest absolute Gasteiger partial charge is 0.347 e. The van der Waals surface area contributed by atoms with Gasteiger partial charge in [-0.05, 0) is 43.7 Å². The van der Waals surface area contributed by atoms with Crippen LogP contribution in [-0.2, 0) is 12.8 Å². The minimum atomic E-state index is -0.341. The van der Waals surface area contributed by atoms with Gasteiger partial charge >= 0.3 is 0 Å². The van der Waals surface area contributed by atoms with Crippen molar-refractivity contribution in [3.8, 4) is 5.69 Å². The number of amides is 1. The number of carbonyl (C=O) groups is 1. The van der Waals surface area contributed by atoms with E-state index >= 15 is 0 Å². The van der Waals surface area contributed by atoms with Gasteiger partial charge in [0.1, 0.15) is 11.5 Å². The smallest absolute Gasteiger partial charge is 0.272 e. The molecule has 1 heterocycles. The SMILES string of the molecule is CC(C)CC(CN)NC(=O)c1nn(-c2ccccc2F)c2c1CCC2.Cl. The molecule has 3 rings (SSSR count). The second-order valence-corrected chi connectivity index (χ2v) is 7.03. The summed E-state index contributed by atoms with van der Waals surface area (Å²) in [5.41, 5.74) is 8.44. The molecule has 5 nitrogen and oxygen atoms in total. The van der Waals surface area contributed by atoms with Crippen molar-refractivity contribution in [3.63, 3.8) is 0 Å². The lowest BCUT2D eigenvalue weighted by molar-refractivity contribution is 0.0927. The summed E-state index contributed by atoms with van der Waals surface area (Å²) in [6.07, 6.45) is 3.37. The molecule has 0 saturated heterocycles. The summed E-state index contributed by atoms with van der Waals surface area (Å²) in [4.78, 5) is 12.7. The lowest BCUT2D eigenvalue weighted by Gasteiger charge is -2.18. The van der Waals surface area contributed by atoms with Crippen LogP contribution in [0.5, 0.6) is 0 Å². The average Bonchev–Trinajstić information content (AvgIpc) is 3.16. The number of para-hydroxylation sites is 1. The molecule has 2 aromatic rings. The van der Waals surface area contributed by atoms with Crippen LogP contribution in [0.15, 0.2) is 24.3 Å². The third kappa shape index (κ3) is 4.07. The average molecular weight is 381 g/mol. The van der Waals surface area contributed by atoms with E-state index in [1.165, 1.54) is 6.07 Å². The zero-order valence-corrected chi connectivity index (χ0v) is 16.0. The first-order chi connectivity index (χ1) is 12.0. The molecule has 0 bridgehead atoms. The fraction of sp³-hybridized carbons (Fsp3) is 0.474. The molecule has 1 aromatic carbocycles. The van der Waals surface area contributed by atoms with Crippen LogP contribution in [0.25, 0.3) is 5.69 Å². The number of carbonyl (C=O) groups excluding carboxylic acids is 1. The Kier molecular flexibility index (Phi) is 6.78. The standard InChI is InChI=1S/C19H25FN4O.ClH/c1-12(2)10-13(11-21)22-19(25)18-14-6-5-9-16(14)24(23-18)17-8-4-3-7-15(17)20;/h3-4,7-8,12-13H,5-6,9-11,21H2,1-2H3,(H,22,25);1H. The Labute approximate surface area is 159 Å². The van der Waals surface area contributed by atoms with Crippen LogP contribution >= 0.6 is 12.4 Å². The lowest BCUT2D eigenvalue weighted by Crippen LogP contribution is -2.41. The molecule has 1 aliphatic carbocycles. The molecule has 142 valence electrons. The van der Waals surface area contributed by atoms with Gasteiger partial charge in [0, 0.05) is 23.8 Å². The summed E-state index contributed by atoms with van der Waals surface area (Å²) in [7, 11) is 0. The number of halogens is 2. The number of fused-ring (bicyclic) bond motifs is 1. The Bertz CT molecular complexity index is 775. The van der Waals surface area contributed by atoms with Gasteiger partial charge < -0.3 is 11.1 Å². The monoisotopic (exact) mass is 380 g/mol. The lowest BCUT2D eigenvalue weighted by atomic mass is 10.0. The number of hydrogen-bond donors (Lipinski definition) is 2. The Morgan fingerprint density at radius 2 is 2.08 bits per heavy atom. The molecule has 26 heavy (non-hydrogen) atoms. The number of hydrogen-bond acceptors (Lipinski definition) is 3. The van der Waals surface area contributed by atoms with Crippen LogP contribution in [0.2, 0.25) is 0 Å². The van der Waals surface area contributed by atoms with E-state index in [9.17, 15) is 9.18 Å². The Morgan fingerprint density at radius 3 is 2.73 bits per heavy atom. The fourth-order valence-corrected chi connectivity index (χ4v) is 3.48. The summed E-state index contributed by atoms with van der Waals surface area (Å²) in [6.45, 7) is 4.58. The molecule has 0 saturated carbocycles. The molecular formula is C19H26ClFN4O. The maximum absolute atomic E-state index is 14.2. The number of nitrogens with two attached hydrogens (primary N) is 1. The van der Waals surface area contributed by atoms with Gasteiger partial charge in [-0.3, -0.25) is 4.79 Å². The van der Waals surface area contributed by atoms with Gasteiger partial charge in [0.05, 0.1) is 0 Å². The maximum Gasteiger partial charge on any atom is 0.272 e. The van der Waals surface area contributed by atoms with E-state index in [0.29, 0.717) is 23.8 Å². The van der Waals surface area contributed by atoms with Crippen LogP contribution in [0.4, 0.5) is 4.39 Å². The molecule has 1 aromatic heterocycles. The highest BCUT2D eigenvalue weighted by Gasteiger charge is 2.28. The molecule has 0 fully saturated rings. The molecule has 3 N–H and O–H groups in total. The van der Waals surface area contributed by atoms with E-state index in [0.717, 1.165) is 36.9 Å². The minimum absolute atomic E-state index is 0. The van der Waals surface area contributed by atoms with Crippen molar-refractivity contribution < 1.29 is 9.18 Å². The molecule has 0 radical (unpaired) electrons. The maximum atomic E-state index is 14.2. The van der Waals surface area contributed by atoms with Gasteiger partial charge in [0.25, 0.3) is 5.91 Å². The molecular weight excluding hydrogens is 355 g/mol. The first kappa shape index (κ1) is 20.4. The Morgan fingerprint density at radius 1 is 1.35 bits per heavy atom. The number of benzene rings is 1.